The predicted molar refractivity (Wildman–Crippen MR) is 101 cm³/mol. The molecule has 0 fully saturated rings. The van der Waals surface area contributed by atoms with Gasteiger partial charge in [-0.25, -0.2) is 5.20 Å². The second-order valence-corrected chi connectivity index (χ2v) is 7.98. The van der Waals surface area contributed by atoms with E-state index in [4.69, 9.17) is 0 Å². The summed E-state index contributed by atoms with van der Waals surface area (Å²) in [6, 6.07) is 15.8. The molecule has 0 N–H and O–H groups in total. The van der Waals surface area contributed by atoms with Crippen molar-refractivity contribution < 1.29 is 58.9 Å². The van der Waals surface area contributed by atoms with E-state index in [-0.39, 0.29) is 58.9 Å². The van der Waals surface area contributed by atoms with Gasteiger partial charge in [0.25, 0.3) is 0 Å². The summed E-state index contributed by atoms with van der Waals surface area (Å²) in [5.74, 6) is 0.506. The summed E-state index contributed by atoms with van der Waals surface area (Å²) in [5, 5.41) is 2.86. The van der Waals surface area contributed by atoms with E-state index in [9.17, 15) is 0 Å². The Hall–Kier alpha value is -0.0188. The first-order valence-corrected chi connectivity index (χ1v) is 9.75. The Bertz CT molecular complexity index is 711. The van der Waals surface area contributed by atoms with Crippen molar-refractivity contribution in [1.82, 2.24) is 0 Å². The number of aryl methyl sites for hydroxylation is 2. The van der Waals surface area contributed by atoms with Crippen LogP contribution >= 0.6 is 0 Å². The predicted octanol–water partition coefficient (Wildman–Crippen LogP) is -3.84. The van der Waals surface area contributed by atoms with Crippen LogP contribution in [0.3, 0.4) is 0 Å². The summed E-state index contributed by atoms with van der Waals surface area (Å²) in [5.41, 5.74) is 5.65. The Labute approximate surface area is 200 Å². The first-order valence-electron chi connectivity index (χ1n) is 8.75. The summed E-state index contributed by atoms with van der Waals surface area (Å²) in [7, 11) is 0.715. The average molecular weight is 472 g/mol. The summed E-state index contributed by atoms with van der Waals surface area (Å²) >= 11 is 0. The fraction of sp³-hybridized carbons (Fsp3) is 0.364. The summed E-state index contributed by atoms with van der Waals surface area (Å²) in [6.07, 6.45) is 9.00. The van der Waals surface area contributed by atoms with Crippen LogP contribution in [0.2, 0.25) is 0 Å². The van der Waals surface area contributed by atoms with Gasteiger partial charge >= 0.3 is 21.7 Å². The van der Waals surface area contributed by atoms with Crippen molar-refractivity contribution in [2.75, 3.05) is 0 Å². The van der Waals surface area contributed by atoms with Gasteiger partial charge in [0, 0.05) is 0 Å². The summed E-state index contributed by atoms with van der Waals surface area (Å²) in [6.45, 7) is 6.65. The smallest absolute Gasteiger partial charge is 1.00 e. The molecule has 2 aromatic rings. The van der Waals surface area contributed by atoms with Crippen molar-refractivity contribution in [3.8, 4) is 0 Å². The van der Waals surface area contributed by atoms with Crippen LogP contribution in [0.15, 0.2) is 42.5 Å². The third kappa shape index (κ3) is 7.72. The number of halogens is 3. The number of rotatable bonds is 6. The van der Waals surface area contributed by atoms with E-state index in [0.717, 1.165) is 0 Å². The van der Waals surface area contributed by atoms with Gasteiger partial charge in [-0.05, 0) is 13.8 Å². The maximum Gasteiger partial charge on any atom is 4.00 e. The molecule has 1 aliphatic carbocycles. The minimum atomic E-state index is 0. The molecular formula is C22H25Cl3SiTi. The molecule has 142 valence electrons. The molecule has 0 aliphatic heterocycles. The number of allylic oxidation sites excluding steroid dienone is 1. The zero-order valence-corrected chi connectivity index (χ0v) is 20.9. The van der Waals surface area contributed by atoms with Crippen molar-refractivity contribution >= 4 is 19.9 Å². The van der Waals surface area contributed by atoms with Gasteiger partial charge in [0.15, 0.2) is 0 Å². The quantitative estimate of drug-likeness (QED) is 0.230. The Morgan fingerprint density at radius 1 is 0.926 bits per heavy atom. The molecule has 0 saturated heterocycles. The van der Waals surface area contributed by atoms with E-state index >= 15 is 0 Å². The van der Waals surface area contributed by atoms with Crippen LogP contribution in [0.25, 0.3) is 5.20 Å². The molecule has 0 spiro atoms. The minimum Gasteiger partial charge on any atom is -1.00 e. The largest absolute Gasteiger partial charge is 4.00 e. The van der Waals surface area contributed by atoms with E-state index in [0.29, 0.717) is 15.4 Å². The van der Waals surface area contributed by atoms with Crippen LogP contribution in [0.1, 0.15) is 60.8 Å². The third-order valence-corrected chi connectivity index (χ3v) is 5.75. The maximum absolute atomic E-state index is 3.83. The molecule has 27 heavy (non-hydrogen) atoms. The number of fused-ring (bicyclic) bond motifs is 1. The molecule has 1 unspecified atom stereocenters. The monoisotopic (exact) mass is 470 g/mol. The van der Waals surface area contributed by atoms with Crippen molar-refractivity contribution in [3.63, 3.8) is 0 Å². The number of hydrogen-bond donors (Lipinski definition) is 0. The molecule has 2 radical (unpaired) electrons. The van der Waals surface area contributed by atoms with Crippen molar-refractivity contribution in [2.45, 2.75) is 52.4 Å². The van der Waals surface area contributed by atoms with Crippen molar-refractivity contribution in [3.05, 3.63) is 70.8 Å². The molecule has 1 aliphatic rings. The topological polar surface area (TPSA) is 0 Å². The number of hydrogen-bond acceptors (Lipinski definition) is 0. The van der Waals surface area contributed by atoms with Gasteiger partial charge in [-0.3, -0.25) is 6.08 Å². The zero-order valence-electron chi connectivity index (χ0n) is 16.1. The molecular weight excluding hydrogens is 447 g/mol. The van der Waals surface area contributed by atoms with E-state index in [1.165, 1.54) is 58.3 Å². The van der Waals surface area contributed by atoms with Crippen LogP contribution in [0.5, 0.6) is 0 Å². The Morgan fingerprint density at radius 2 is 1.56 bits per heavy atom. The SMILES string of the molecule is CCCCCC1[C-]=C([Si]c2cc(C)cc(C)c2)c2ccccc21.[Cl-].[Cl-].[Cl-].[Ti+4]. The van der Waals surface area contributed by atoms with Gasteiger partial charge in [-0.15, -0.1) is 11.6 Å². The molecule has 1 atom stereocenters. The molecule has 0 aromatic heterocycles. The first kappa shape index (κ1) is 29.2. The minimum absolute atomic E-state index is 0. The fourth-order valence-corrected chi connectivity index (χ4v) is 4.98. The van der Waals surface area contributed by atoms with Crippen LogP contribution in [-0.2, 0) is 21.7 Å². The molecule has 2 aromatic carbocycles. The van der Waals surface area contributed by atoms with E-state index in [1.807, 2.05) is 0 Å². The maximum atomic E-state index is 3.83. The molecule has 0 bridgehead atoms. The van der Waals surface area contributed by atoms with E-state index in [1.54, 1.807) is 0 Å². The number of unbranched alkanes of at least 4 members (excludes halogenated alkanes) is 2. The van der Waals surface area contributed by atoms with Gasteiger partial charge in [-0.1, -0.05) is 91.2 Å². The average Bonchev–Trinajstić information content (AvgIpc) is 2.85. The van der Waals surface area contributed by atoms with E-state index < -0.39 is 0 Å². The molecule has 0 heterocycles. The van der Waals surface area contributed by atoms with Crippen LogP contribution in [0, 0.1) is 19.9 Å². The molecule has 0 nitrogen and oxygen atoms in total. The van der Waals surface area contributed by atoms with Gasteiger partial charge in [0.05, 0.1) is 9.52 Å². The molecule has 3 rings (SSSR count). The summed E-state index contributed by atoms with van der Waals surface area (Å²) < 4.78 is 0. The van der Waals surface area contributed by atoms with Crippen LogP contribution in [0.4, 0.5) is 0 Å². The Kier molecular flexibility index (Phi) is 15.2. The van der Waals surface area contributed by atoms with Crippen molar-refractivity contribution in [2.24, 2.45) is 0 Å². The van der Waals surface area contributed by atoms with E-state index in [2.05, 4.69) is 69.3 Å². The zero-order chi connectivity index (χ0) is 16.2. The number of benzene rings is 2. The standard InChI is InChI=1S/C22H25Si.3ClH.Ti/c1-4-5-6-9-18-15-22(21-11-8-7-10-20(18)21)23-19-13-16(2)12-17(3)14-19;;;;/h7-8,10-14,18H,4-6,9H2,1-3H3;3*1H;/q-1;;;;+4/p-3. The van der Waals surface area contributed by atoms with Crippen LogP contribution in [-0.4, -0.2) is 9.52 Å². The normalized spacial score (nSPS) is 13.9. The second-order valence-electron chi connectivity index (χ2n) is 6.66. The van der Waals surface area contributed by atoms with Gasteiger partial charge in [-0.2, -0.15) is 5.56 Å². The molecule has 0 saturated carbocycles. The molecule has 5 heteroatoms. The van der Waals surface area contributed by atoms with Crippen LogP contribution < -0.4 is 42.4 Å². The van der Waals surface area contributed by atoms with Crippen molar-refractivity contribution in [1.29, 1.82) is 0 Å². The molecule has 0 amide bonds. The first-order chi connectivity index (χ1) is 11.2. The Balaban J connectivity index is 0. The van der Waals surface area contributed by atoms with Gasteiger partial charge in [0.2, 0.25) is 0 Å². The third-order valence-electron chi connectivity index (χ3n) is 4.51. The second kappa shape index (κ2) is 14.0. The van der Waals surface area contributed by atoms with Gasteiger partial charge in [0.1, 0.15) is 0 Å². The van der Waals surface area contributed by atoms with Gasteiger partial charge < -0.3 is 37.2 Å². The Morgan fingerprint density at radius 3 is 2.19 bits per heavy atom. The fourth-order valence-electron chi connectivity index (χ4n) is 3.48. The summed E-state index contributed by atoms with van der Waals surface area (Å²) in [4.78, 5) is 0.